The molecule has 0 bridgehead atoms. The molecule has 0 radical (unpaired) electrons. The molecule has 0 atom stereocenters. The highest BCUT2D eigenvalue weighted by Gasteiger charge is 2.12. The van der Waals surface area contributed by atoms with Crippen molar-refractivity contribution in [3.05, 3.63) is 64.3 Å². The Morgan fingerprint density at radius 3 is 2.83 bits per heavy atom. The highest BCUT2D eigenvalue weighted by molar-refractivity contribution is 5.88. The summed E-state index contributed by atoms with van der Waals surface area (Å²) in [5.41, 5.74) is 0.396. The van der Waals surface area contributed by atoms with Gasteiger partial charge in [0.25, 0.3) is 5.56 Å². The van der Waals surface area contributed by atoms with Crippen LogP contribution in [0.25, 0.3) is 0 Å². The first-order chi connectivity index (χ1) is 8.72. The van der Waals surface area contributed by atoms with E-state index < -0.39 is 5.97 Å². The molecule has 0 N–H and O–H groups in total. The molecule has 0 spiro atoms. The summed E-state index contributed by atoms with van der Waals surface area (Å²) < 4.78 is 5.98. The van der Waals surface area contributed by atoms with E-state index in [1.54, 1.807) is 24.5 Å². The Bertz CT molecular complexity index is 605. The lowest BCUT2D eigenvalue weighted by atomic mass is 10.2. The maximum atomic E-state index is 12.0. The van der Waals surface area contributed by atoms with Crippen LogP contribution in [0.3, 0.4) is 0 Å². The number of hydrogen-bond donors (Lipinski definition) is 0. The predicted octanol–water partition coefficient (Wildman–Crippen LogP) is 1.08. The summed E-state index contributed by atoms with van der Waals surface area (Å²) in [6.07, 6.45) is 3.27. The zero-order valence-electron chi connectivity index (χ0n) is 9.87. The highest BCUT2D eigenvalue weighted by atomic mass is 16.5. The van der Waals surface area contributed by atoms with Gasteiger partial charge in [0, 0.05) is 12.4 Å². The van der Waals surface area contributed by atoms with Gasteiger partial charge in [0.2, 0.25) is 0 Å². The van der Waals surface area contributed by atoms with Gasteiger partial charge >= 0.3 is 5.97 Å². The maximum Gasteiger partial charge on any atom is 0.343 e. The third-order valence-corrected chi connectivity index (χ3v) is 2.48. The zero-order valence-corrected chi connectivity index (χ0v) is 9.87. The van der Waals surface area contributed by atoms with Gasteiger partial charge in [-0.25, -0.2) is 4.79 Å². The van der Waals surface area contributed by atoms with Crippen molar-refractivity contribution in [2.24, 2.45) is 0 Å². The monoisotopic (exact) mass is 244 g/mol. The fourth-order valence-electron chi connectivity index (χ4n) is 1.59. The molecule has 0 aromatic carbocycles. The molecule has 2 aromatic heterocycles. The van der Waals surface area contributed by atoms with Crippen molar-refractivity contribution in [2.45, 2.75) is 6.54 Å². The first kappa shape index (κ1) is 12.0. The quantitative estimate of drug-likeness (QED) is 0.758. The lowest BCUT2D eigenvalue weighted by molar-refractivity contribution is 0.0598. The molecule has 0 saturated carbocycles. The number of nitrogens with zero attached hydrogens (tertiary/aromatic N) is 2. The minimum atomic E-state index is -0.629. The Hall–Kier alpha value is -2.43. The Morgan fingerprint density at radius 1 is 1.33 bits per heavy atom. The normalized spacial score (nSPS) is 10.1. The van der Waals surface area contributed by atoms with E-state index in [1.165, 1.54) is 17.7 Å². The smallest absolute Gasteiger partial charge is 0.343 e. The fourth-order valence-corrected chi connectivity index (χ4v) is 1.59. The van der Waals surface area contributed by atoms with Crippen molar-refractivity contribution in [1.82, 2.24) is 9.55 Å². The van der Waals surface area contributed by atoms with Crippen LogP contribution in [0.4, 0.5) is 0 Å². The minimum Gasteiger partial charge on any atom is -0.465 e. The van der Waals surface area contributed by atoms with Crippen molar-refractivity contribution >= 4 is 5.97 Å². The van der Waals surface area contributed by atoms with E-state index in [1.807, 2.05) is 12.1 Å². The number of carbonyl (C=O) groups is 1. The first-order valence-corrected chi connectivity index (χ1v) is 5.40. The number of hydrogen-bond acceptors (Lipinski definition) is 4. The van der Waals surface area contributed by atoms with Gasteiger partial charge < -0.3 is 9.30 Å². The molecule has 18 heavy (non-hydrogen) atoms. The van der Waals surface area contributed by atoms with Crippen LogP contribution in [0.1, 0.15) is 16.1 Å². The van der Waals surface area contributed by atoms with Gasteiger partial charge in [-0.3, -0.25) is 9.78 Å². The van der Waals surface area contributed by atoms with Crippen LogP contribution >= 0.6 is 0 Å². The van der Waals surface area contributed by atoms with Gasteiger partial charge in [-0.05, 0) is 24.3 Å². The van der Waals surface area contributed by atoms with Crippen LogP contribution in [-0.4, -0.2) is 22.6 Å². The van der Waals surface area contributed by atoms with Crippen molar-refractivity contribution in [2.75, 3.05) is 7.11 Å². The van der Waals surface area contributed by atoms with Crippen LogP contribution in [0.2, 0.25) is 0 Å². The zero-order chi connectivity index (χ0) is 13.0. The second-order valence-electron chi connectivity index (χ2n) is 3.67. The summed E-state index contributed by atoms with van der Waals surface area (Å²) in [4.78, 5) is 27.5. The summed E-state index contributed by atoms with van der Waals surface area (Å²) in [6.45, 7) is 0.324. The Morgan fingerprint density at radius 2 is 2.17 bits per heavy atom. The summed E-state index contributed by atoms with van der Waals surface area (Å²) in [6, 6.07) is 8.55. The number of ether oxygens (including phenoxy) is 1. The molecule has 2 rings (SSSR count). The summed E-state index contributed by atoms with van der Waals surface area (Å²) in [5, 5.41) is 0. The summed E-state index contributed by atoms with van der Waals surface area (Å²) in [7, 11) is 1.25. The molecule has 5 heteroatoms. The molecule has 5 nitrogen and oxygen atoms in total. The molecule has 2 heterocycles. The van der Waals surface area contributed by atoms with Crippen molar-refractivity contribution in [1.29, 1.82) is 0 Å². The van der Waals surface area contributed by atoms with Gasteiger partial charge in [-0.1, -0.05) is 6.07 Å². The Labute approximate surface area is 104 Å². The molecule has 2 aromatic rings. The standard InChI is InChI=1S/C13H12N2O3/c1-18-13(17)11-6-4-8-15(12(11)16)9-10-5-2-3-7-14-10/h2-8H,9H2,1H3. The number of rotatable bonds is 3. The second-order valence-corrected chi connectivity index (χ2v) is 3.67. The number of aromatic nitrogens is 2. The number of pyridine rings is 2. The topological polar surface area (TPSA) is 61.2 Å². The molecule has 0 amide bonds. The van der Waals surface area contributed by atoms with E-state index in [0.29, 0.717) is 6.54 Å². The van der Waals surface area contributed by atoms with Gasteiger partial charge in [-0.15, -0.1) is 0 Å². The second kappa shape index (κ2) is 5.27. The molecular formula is C13H12N2O3. The lowest BCUT2D eigenvalue weighted by Crippen LogP contribution is -2.26. The van der Waals surface area contributed by atoms with Gasteiger partial charge in [0.05, 0.1) is 19.3 Å². The number of carbonyl (C=O) groups excluding carboxylic acids is 1. The molecule has 0 saturated heterocycles. The molecule has 92 valence electrons. The van der Waals surface area contributed by atoms with Crippen LogP contribution in [-0.2, 0) is 11.3 Å². The van der Waals surface area contributed by atoms with Gasteiger partial charge in [0.15, 0.2) is 0 Å². The third-order valence-electron chi connectivity index (χ3n) is 2.48. The number of esters is 1. The molecule has 0 aliphatic heterocycles. The van der Waals surface area contributed by atoms with E-state index in [-0.39, 0.29) is 11.1 Å². The molecule has 0 unspecified atom stereocenters. The maximum absolute atomic E-state index is 12.0. The van der Waals surface area contributed by atoms with E-state index >= 15 is 0 Å². The SMILES string of the molecule is COC(=O)c1cccn(Cc2ccccn2)c1=O. The summed E-state index contributed by atoms with van der Waals surface area (Å²) >= 11 is 0. The van der Waals surface area contributed by atoms with Gasteiger partial charge in [0.1, 0.15) is 5.56 Å². The summed E-state index contributed by atoms with van der Waals surface area (Å²) in [5.74, 6) is -0.629. The van der Waals surface area contributed by atoms with E-state index in [2.05, 4.69) is 9.72 Å². The lowest BCUT2D eigenvalue weighted by Gasteiger charge is -2.06. The average molecular weight is 244 g/mol. The Balaban J connectivity index is 2.35. The van der Waals surface area contributed by atoms with E-state index in [0.717, 1.165) is 5.69 Å². The van der Waals surface area contributed by atoms with Crippen molar-refractivity contribution in [3.63, 3.8) is 0 Å². The fraction of sp³-hybridized carbons (Fsp3) is 0.154. The molecule has 0 fully saturated rings. The van der Waals surface area contributed by atoms with Crippen LogP contribution in [0.15, 0.2) is 47.5 Å². The van der Waals surface area contributed by atoms with Crippen molar-refractivity contribution < 1.29 is 9.53 Å². The molecule has 0 aliphatic rings. The van der Waals surface area contributed by atoms with Crippen LogP contribution in [0, 0.1) is 0 Å². The molecule has 0 aliphatic carbocycles. The highest BCUT2D eigenvalue weighted by Crippen LogP contribution is 1.99. The average Bonchev–Trinajstić information content (AvgIpc) is 2.41. The van der Waals surface area contributed by atoms with Gasteiger partial charge in [-0.2, -0.15) is 0 Å². The van der Waals surface area contributed by atoms with Crippen LogP contribution < -0.4 is 5.56 Å². The first-order valence-electron chi connectivity index (χ1n) is 5.40. The molecular weight excluding hydrogens is 232 g/mol. The van der Waals surface area contributed by atoms with E-state index in [9.17, 15) is 9.59 Å². The Kier molecular flexibility index (Phi) is 3.52. The van der Waals surface area contributed by atoms with Crippen LogP contribution in [0.5, 0.6) is 0 Å². The largest absolute Gasteiger partial charge is 0.465 e. The van der Waals surface area contributed by atoms with E-state index in [4.69, 9.17) is 0 Å². The number of methoxy groups -OCH3 is 1. The third kappa shape index (κ3) is 2.45. The predicted molar refractivity (Wildman–Crippen MR) is 65.4 cm³/mol. The minimum absolute atomic E-state index is 0.0240. The van der Waals surface area contributed by atoms with Crippen molar-refractivity contribution in [3.8, 4) is 0 Å².